The number of hydrogen-bond donors (Lipinski definition) is 0. The Morgan fingerprint density at radius 1 is 1.28 bits per heavy atom. The summed E-state index contributed by atoms with van der Waals surface area (Å²) in [4.78, 5) is 19.7. The van der Waals surface area contributed by atoms with Crippen LogP contribution < -0.4 is 0 Å². The number of piperidine rings is 1. The lowest BCUT2D eigenvalue weighted by Crippen LogP contribution is -2.41. The summed E-state index contributed by atoms with van der Waals surface area (Å²) < 4.78 is 5.36. The predicted molar refractivity (Wildman–Crippen MR) is 94.4 cm³/mol. The molecule has 2 heterocycles. The smallest absolute Gasteiger partial charge is 0.230 e. The zero-order chi connectivity index (χ0) is 17.4. The van der Waals surface area contributed by atoms with Crippen LogP contribution in [0.5, 0.6) is 0 Å². The number of carbonyl (C=O) groups excluding carboxylic acids is 1. The monoisotopic (exact) mass is 339 g/mol. The molecule has 1 aromatic heterocycles. The first-order valence-corrected chi connectivity index (χ1v) is 9.33. The number of carbonyl (C=O) groups is 1. The van der Waals surface area contributed by atoms with E-state index in [1.165, 1.54) is 11.1 Å². The van der Waals surface area contributed by atoms with E-state index in [9.17, 15) is 4.79 Å². The second kappa shape index (κ2) is 6.62. The lowest BCUT2D eigenvalue weighted by atomic mass is 9.94. The molecule has 0 N–H and O–H groups in total. The molecule has 0 radical (unpaired) electrons. The molecule has 1 saturated heterocycles. The number of benzene rings is 1. The van der Waals surface area contributed by atoms with E-state index in [2.05, 4.69) is 28.3 Å². The van der Waals surface area contributed by atoms with Gasteiger partial charge in [0.1, 0.15) is 0 Å². The van der Waals surface area contributed by atoms with E-state index in [0.29, 0.717) is 12.4 Å². The second-order valence-corrected chi connectivity index (χ2v) is 7.56. The minimum atomic E-state index is 0.0199. The minimum absolute atomic E-state index is 0.0199. The summed E-state index contributed by atoms with van der Waals surface area (Å²) in [7, 11) is 0. The molecule has 132 valence electrons. The van der Waals surface area contributed by atoms with Crippen LogP contribution in [0.2, 0.25) is 0 Å². The van der Waals surface area contributed by atoms with Crippen molar-refractivity contribution in [1.29, 1.82) is 0 Å². The van der Waals surface area contributed by atoms with Crippen molar-refractivity contribution in [3.8, 4) is 0 Å². The molecule has 5 heteroatoms. The highest BCUT2D eigenvalue weighted by Gasteiger charge is 2.35. The number of fused-ring (bicyclic) bond motifs is 1. The third kappa shape index (κ3) is 3.08. The van der Waals surface area contributed by atoms with E-state index in [4.69, 9.17) is 4.52 Å². The van der Waals surface area contributed by atoms with Gasteiger partial charge in [0.05, 0.1) is 5.92 Å². The largest absolute Gasteiger partial charge is 0.341 e. The van der Waals surface area contributed by atoms with Gasteiger partial charge in [-0.05, 0) is 36.8 Å². The summed E-state index contributed by atoms with van der Waals surface area (Å²) in [6, 6.07) is 8.36. The maximum Gasteiger partial charge on any atom is 0.230 e. The van der Waals surface area contributed by atoms with Crippen LogP contribution in [0.3, 0.4) is 0 Å². The number of amides is 1. The van der Waals surface area contributed by atoms with Gasteiger partial charge < -0.3 is 9.42 Å². The number of nitrogens with zero attached hydrogens (tertiary/aromatic N) is 3. The lowest BCUT2D eigenvalue weighted by Gasteiger charge is -2.33. The molecule has 2 atom stereocenters. The summed E-state index contributed by atoms with van der Waals surface area (Å²) >= 11 is 0. The van der Waals surface area contributed by atoms with Crippen molar-refractivity contribution < 1.29 is 9.32 Å². The molecule has 0 bridgehead atoms. The third-order valence-corrected chi connectivity index (χ3v) is 5.48. The summed E-state index contributed by atoms with van der Waals surface area (Å²) in [5.41, 5.74) is 2.55. The van der Waals surface area contributed by atoms with E-state index in [1.807, 2.05) is 24.8 Å². The van der Waals surface area contributed by atoms with Gasteiger partial charge in [-0.25, -0.2) is 0 Å². The fourth-order valence-electron chi connectivity index (χ4n) is 4.07. The fraction of sp³-hybridized carbons (Fsp3) is 0.550. The Bertz CT molecular complexity index is 768. The molecule has 4 rings (SSSR count). The zero-order valence-corrected chi connectivity index (χ0v) is 14.9. The normalized spacial score (nSPS) is 23.1. The number of aryl methyl sites for hydroxylation is 1. The van der Waals surface area contributed by atoms with Gasteiger partial charge in [0.15, 0.2) is 5.82 Å². The third-order valence-electron chi connectivity index (χ3n) is 5.48. The molecule has 1 amide bonds. The Hall–Kier alpha value is -2.17. The van der Waals surface area contributed by atoms with E-state index in [-0.39, 0.29) is 23.7 Å². The Morgan fingerprint density at radius 2 is 2.12 bits per heavy atom. The minimum Gasteiger partial charge on any atom is -0.341 e. The van der Waals surface area contributed by atoms with Crippen molar-refractivity contribution in [3.05, 3.63) is 47.1 Å². The van der Waals surface area contributed by atoms with Gasteiger partial charge >= 0.3 is 0 Å². The molecular weight excluding hydrogens is 314 g/mol. The van der Waals surface area contributed by atoms with Gasteiger partial charge in [-0.2, -0.15) is 4.98 Å². The molecule has 5 nitrogen and oxygen atoms in total. The lowest BCUT2D eigenvalue weighted by molar-refractivity contribution is -0.134. The number of likely N-dealkylation sites (tertiary alicyclic amines) is 1. The summed E-state index contributed by atoms with van der Waals surface area (Å²) in [5, 5.41) is 4.16. The Morgan fingerprint density at radius 3 is 2.92 bits per heavy atom. The standard InChI is InChI=1S/C20H25N3O2/c1-13(2)19-21-18(22-25-19)15-7-5-11-23(12-15)20(24)17-10-9-14-6-3-4-8-16(14)17/h3-4,6,8,13,15,17H,5,7,9-12H2,1-2H3/t15-,17-/m1/s1. The van der Waals surface area contributed by atoms with E-state index in [1.54, 1.807) is 0 Å². The van der Waals surface area contributed by atoms with Gasteiger partial charge in [0.25, 0.3) is 0 Å². The van der Waals surface area contributed by atoms with Crippen molar-refractivity contribution in [2.75, 3.05) is 13.1 Å². The van der Waals surface area contributed by atoms with Crippen LogP contribution in [0.25, 0.3) is 0 Å². The number of aromatic nitrogens is 2. The van der Waals surface area contributed by atoms with Gasteiger partial charge in [-0.1, -0.05) is 43.3 Å². The SMILES string of the molecule is CC(C)c1nc([C@@H]2CCCN(C(=O)[C@@H]3CCc4ccccc43)C2)no1. The summed E-state index contributed by atoms with van der Waals surface area (Å²) in [6.07, 6.45) is 3.95. The van der Waals surface area contributed by atoms with Gasteiger partial charge in [0.2, 0.25) is 11.8 Å². The van der Waals surface area contributed by atoms with Crippen LogP contribution in [-0.2, 0) is 11.2 Å². The van der Waals surface area contributed by atoms with Gasteiger partial charge in [0, 0.05) is 24.9 Å². The molecule has 2 aromatic rings. The van der Waals surface area contributed by atoms with Gasteiger partial charge in [-0.15, -0.1) is 0 Å². The van der Waals surface area contributed by atoms with Crippen LogP contribution in [-0.4, -0.2) is 34.0 Å². The molecule has 2 aliphatic rings. The molecule has 0 unspecified atom stereocenters. The van der Waals surface area contributed by atoms with Crippen molar-refractivity contribution >= 4 is 5.91 Å². The average Bonchev–Trinajstić information content (AvgIpc) is 3.28. The quantitative estimate of drug-likeness (QED) is 0.857. The molecule has 1 aliphatic carbocycles. The first-order valence-electron chi connectivity index (χ1n) is 9.33. The number of hydrogen-bond acceptors (Lipinski definition) is 4. The van der Waals surface area contributed by atoms with Crippen molar-refractivity contribution in [2.24, 2.45) is 0 Å². The molecule has 1 aromatic carbocycles. The first-order chi connectivity index (χ1) is 12.1. The second-order valence-electron chi connectivity index (χ2n) is 7.56. The van der Waals surface area contributed by atoms with E-state index < -0.39 is 0 Å². The van der Waals surface area contributed by atoms with Crippen LogP contribution in [0.15, 0.2) is 28.8 Å². The first kappa shape index (κ1) is 16.3. The molecule has 1 fully saturated rings. The Kier molecular flexibility index (Phi) is 4.32. The highest BCUT2D eigenvalue weighted by Crippen LogP contribution is 2.36. The van der Waals surface area contributed by atoms with Crippen LogP contribution >= 0.6 is 0 Å². The average molecular weight is 339 g/mol. The van der Waals surface area contributed by atoms with Crippen LogP contribution in [0, 0.1) is 0 Å². The van der Waals surface area contributed by atoms with Gasteiger partial charge in [-0.3, -0.25) is 4.79 Å². The molecule has 1 aliphatic heterocycles. The zero-order valence-electron chi connectivity index (χ0n) is 14.9. The molecule has 0 spiro atoms. The maximum absolute atomic E-state index is 13.1. The summed E-state index contributed by atoms with van der Waals surface area (Å²) in [5.74, 6) is 2.15. The maximum atomic E-state index is 13.1. The van der Waals surface area contributed by atoms with Crippen molar-refractivity contribution in [1.82, 2.24) is 15.0 Å². The van der Waals surface area contributed by atoms with Crippen LogP contribution in [0.1, 0.15) is 73.7 Å². The molecular formula is C20H25N3O2. The van der Waals surface area contributed by atoms with Crippen LogP contribution in [0.4, 0.5) is 0 Å². The van der Waals surface area contributed by atoms with E-state index in [0.717, 1.165) is 38.1 Å². The number of rotatable bonds is 3. The Balaban J connectivity index is 1.48. The van der Waals surface area contributed by atoms with Crippen molar-refractivity contribution in [3.63, 3.8) is 0 Å². The summed E-state index contributed by atoms with van der Waals surface area (Å²) in [6.45, 7) is 5.63. The highest BCUT2D eigenvalue weighted by atomic mass is 16.5. The predicted octanol–water partition coefficient (Wildman–Crippen LogP) is 3.63. The molecule has 0 saturated carbocycles. The van der Waals surface area contributed by atoms with Crippen molar-refractivity contribution in [2.45, 2.75) is 57.3 Å². The highest BCUT2D eigenvalue weighted by molar-refractivity contribution is 5.85. The topological polar surface area (TPSA) is 59.2 Å². The van der Waals surface area contributed by atoms with E-state index >= 15 is 0 Å². The fourth-order valence-corrected chi connectivity index (χ4v) is 4.07. The Labute approximate surface area is 148 Å². The molecule has 25 heavy (non-hydrogen) atoms.